The number of carbonyl (C=O) groups excluding carboxylic acids is 2. The molecular formula is C15H22N4O5S. The molecule has 10 heteroatoms. The molecule has 2 rings (SSSR count). The zero-order chi connectivity index (χ0) is 18.4. The molecule has 1 aliphatic rings. The number of anilines is 1. The number of nitrogens with one attached hydrogen (secondary N) is 1. The molecular weight excluding hydrogens is 348 g/mol. The van der Waals surface area contributed by atoms with Crippen LogP contribution in [0.1, 0.15) is 52.3 Å². The van der Waals surface area contributed by atoms with Gasteiger partial charge in [0, 0.05) is 11.5 Å². The van der Waals surface area contributed by atoms with Gasteiger partial charge in [0.05, 0.1) is 7.11 Å². The Kier molecular flexibility index (Phi) is 6.29. The molecule has 1 aromatic heterocycles. The summed E-state index contributed by atoms with van der Waals surface area (Å²) in [7, 11) is 1.24. The van der Waals surface area contributed by atoms with E-state index in [9.17, 15) is 9.59 Å². The first kappa shape index (κ1) is 19.1. The zero-order valence-corrected chi connectivity index (χ0v) is 15.5. The fourth-order valence-corrected chi connectivity index (χ4v) is 2.70. The van der Waals surface area contributed by atoms with Crippen LogP contribution in [0, 0.1) is 0 Å². The van der Waals surface area contributed by atoms with E-state index in [0.717, 1.165) is 37.2 Å². The lowest BCUT2D eigenvalue weighted by Crippen LogP contribution is -2.27. The van der Waals surface area contributed by atoms with Crippen molar-refractivity contribution >= 4 is 34.4 Å². The highest BCUT2D eigenvalue weighted by molar-refractivity contribution is 7.10. The summed E-state index contributed by atoms with van der Waals surface area (Å²) in [6, 6.07) is 0. The Morgan fingerprint density at radius 1 is 1.28 bits per heavy atom. The van der Waals surface area contributed by atoms with E-state index in [0.29, 0.717) is 0 Å². The van der Waals surface area contributed by atoms with Crippen LogP contribution in [-0.4, -0.2) is 45.9 Å². The maximum absolute atomic E-state index is 11.9. The average molecular weight is 370 g/mol. The first-order chi connectivity index (χ1) is 11.8. The predicted octanol–water partition coefficient (Wildman–Crippen LogP) is 2.72. The molecule has 1 aromatic rings. The van der Waals surface area contributed by atoms with E-state index in [4.69, 9.17) is 14.3 Å². The molecule has 1 fully saturated rings. The van der Waals surface area contributed by atoms with Gasteiger partial charge in [0.15, 0.2) is 0 Å². The molecule has 0 radical (unpaired) electrons. The molecule has 0 saturated heterocycles. The van der Waals surface area contributed by atoms with Crippen LogP contribution in [0.3, 0.4) is 0 Å². The molecule has 1 heterocycles. The van der Waals surface area contributed by atoms with Crippen molar-refractivity contribution in [1.29, 1.82) is 0 Å². The van der Waals surface area contributed by atoms with Gasteiger partial charge in [-0.05, 0) is 46.5 Å². The number of carbonyl (C=O) groups is 2. The Hall–Kier alpha value is -2.23. The lowest BCUT2D eigenvalue weighted by molar-refractivity contribution is -0.132. The first-order valence-electron chi connectivity index (χ1n) is 7.94. The number of rotatable bonds is 5. The zero-order valence-electron chi connectivity index (χ0n) is 14.7. The third-order valence-electron chi connectivity index (χ3n) is 3.22. The molecule has 0 aromatic carbocycles. The van der Waals surface area contributed by atoms with E-state index >= 15 is 0 Å². The van der Waals surface area contributed by atoms with Gasteiger partial charge in [-0.2, -0.15) is 9.36 Å². The van der Waals surface area contributed by atoms with Crippen molar-refractivity contribution in [3.8, 4) is 0 Å². The van der Waals surface area contributed by atoms with Crippen LogP contribution in [0.4, 0.5) is 9.93 Å². The third kappa shape index (κ3) is 5.96. The monoisotopic (exact) mass is 370 g/mol. The van der Waals surface area contributed by atoms with Crippen molar-refractivity contribution in [3.63, 3.8) is 0 Å². The topological polar surface area (TPSA) is 112 Å². The molecule has 0 atom stereocenters. The van der Waals surface area contributed by atoms with Crippen LogP contribution in [0.5, 0.6) is 0 Å². The second-order valence-corrected chi connectivity index (χ2v) is 7.25. The SMILES string of the molecule is COC(=O)/C(=N/OC1CCCC1)c1nsc(NC(=O)OC(C)(C)C)n1. The minimum Gasteiger partial charge on any atom is -0.464 e. The molecule has 9 nitrogen and oxygen atoms in total. The summed E-state index contributed by atoms with van der Waals surface area (Å²) in [4.78, 5) is 33.1. The molecule has 0 bridgehead atoms. The third-order valence-corrected chi connectivity index (χ3v) is 3.85. The number of esters is 1. The fraction of sp³-hybridized carbons (Fsp3) is 0.667. The van der Waals surface area contributed by atoms with E-state index in [1.165, 1.54) is 7.11 Å². The fourth-order valence-electron chi connectivity index (χ4n) is 2.15. The summed E-state index contributed by atoms with van der Waals surface area (Å²) in [5.74, 6) is -0.680. The number of nitrogens with zero attached hydrogens (tertiary/aromatic N) is 3. The lowest BCUT2D eigenvalue weighted by Gasteiger charge is -2.18. The molecule has 0 spiro atoms. The van der Waals surface area contributed by atoms with Gasteiger partial charge >= 0.3 is 12.1 Å². The summed E-state index contributed by atoms with van der Waals surface area (Å²) in [5.41, 5.74) is -0.770. The number of hydrogen-bond acceptors (Lipinski definition) is 9. The van der Waals surface area contributed by atoms with Crippen LogP contribution in [0.15, 0.2) is 5.16 Å². The lowest BCUT2D eigenvalue weighted by atomic mass is 10.2. The maximum Gasteiger partial charge on any atom is 0.414 e. The molecule has 1 amide bonds. The summed E-state index contributed by atoms with van der Waals surface area (Å²) >= 11 is 0.901. The van der Waals surface area contributed by atoms with Crippen LogP contribution < -0.4 is 5.32 Å². The predicted molar refractivity (Wildman–Crippen MR) is 91.7 cm³/mol. The number of oxime groups is 1. The Morgan fingerprint density at radius 3 is 2.56 bits per heavy atom. The minimum atomic E-state index is -0.709. The second kappa shape index (κ2) is 8.24. The second-order valence-electron chi connectivity index (χ2n) is 6.49. The highest BCUT2D eigenvalue weighted by atomic mass is 32.1. The van der Waals surface area contributed by atoms with Gasteiger partial charge in [-0.1, -0.05) is 5.16 Å². The number of ether oxygens (including phenoxy) is 2. The maximum atomic E-state index is 11.9. The van der Waals surface area contributed by atoms with Gasteiger partial charge in [0.25, 0.3) is 0 Å². The van der Waals surface area contributed by atoms with Gasteiger partial charge in [-0.25, -0.2) is 9.59 Å². The largest absolute Gasteiger partial charge is 0.464 e. The van der Waals surface area contributed by atoms with Crippen molar-refractivity contribution in [2.45, 2.75) is 58.2 Å². The van der Waals surface area contributed by atoms with Crippen molar-refractivity contribution in [3.05, 3.63) is 5.82 Å². The molecule has 0 unspecified atom stereocenters. The number of aromatic nitrogens is 2. The quantitative estimate of drug-likeness (QED) is 0.482. The van der Waals surface area contributed by atoms with Crippen LogP contribution in [-0.2, 0) is 19.1 Å². The van der Waals surface area contributed by atoms with E-state index in [-0.39, 0.29) is 22.8 Å². The number of hydrogen-bond donors (Lipinski definition) is 1. The normalized spacial score (nSPS) is 15.8. The van der Waals surface area contributed by atoms with Crippen molar-refractivity contribution in [1.82, 2.24) is 9.36 Å². The van der Waals surface area contributed by atoms with Crippen molar-refractivity contribution in [2.24, 2.45) is 5.16 Å². The highest BCUT2D eigenvalue weighted by Crippen LogP contribution is 2.21. The molecule has 25 heavy (non-hydrogen) atoms. The van der Waals surface area contributed by atoms with Crippen LogP contribution in [0.2, 0.25) is 0 Å². The van der Waals surface area contributed by atoms with Gasteiger partial charge in [-0.15, -0.1) is 0 Å². The Labute approximate surface area is 149 Å². The van der Waals surface area contributed by atoms with Crippen LogP contribution in [0.25, 0.3) is 0 Å². The highest BCUT2D eigenvalue weighted by Gasteiger charge is 2.24. The molecule has 0 aliphatic heterocycles. The van der Waals surface area contributed by atoms with E-state index in [2.05, 4.69) is 19.8 Å². The minimum absolute atomic E-state index is 0.0161. The Balaban J connectivity index is 2.08. The van der Waals surface area contributed by atoms with Gasteiger partial charge in [-0.3, -0.25) is 5.32 Å². The Morgan fingerprint density at radius 2 is 1.96 bits per heavy atom. The Bertz CT molecular complexity index is 647. The molecule has 1 aliphatic carbocycles. The summed E-state index contributed by atoms with van der Waals surface area (Å²) in [5, 5.41) is 6.52. The summed E-state index contributed by atoms with van der Waals surface area (Å²) in [6.07, 6.45) is 3.27. The molecule has 138 valence electrons. The number of methoxy groups -OCH3 is 1. The van der Waals surface area contributed by atoms with Crippen LogP contribution >= 0.6 is 11.5 Å². The van der Waals surface area contributed by atoms with Gasteiger partial charge in [0.2, 0.25) is 16.7 Å². The molecule has 1 saturated carbocycles. The van der Waals surface area contributed by atoms with Crippen molar-refractivity contribution in [2.75, 3.05) is 12.4 Å². The van der Waals surface area contributed by atoms with Gasteiger partial charge < -0.3 is 14.3 Å². The summed E-state index contributed by atoms with van der Waals surface area (Å²) < 4.78 is 13.9. The van der Waals surface area contributed by atoms with E-state index in [1.807, 2.05) is 0 Å². The van der Waals surface area contributed by atoms with E-state index < -0.39 is 17.7 Å². The van der Waals surface area contributed by atoms with Crippen molar-refractivity contribution < 1.29 is 23.9 Å². The smallest absolute Gasteiger partial charge is 0.414 e. The summed E-state index contributed by atoms with van der Waals surface area (Å²) in [6.45, 7) is 5.25. The van der Waals surface area contributed by atoms with Gasteiger partial charge in [0.1, 0.15) is 11.7 Å². The first-order valence-corrected chi connectivity index (χ1v) is 8.72. The molecule has 1 N–H and O–H groups in total. The average Bonchev–Trinajstić information content (AvgIpc) is 3.17. The standard InChI is InChI=1S/C15H22N4O5S/c1-15(2,3)23-14(21)17-13-16-11(19-25-13)10(12(20)22-4)18-24-9-7-5-6-8-9/h9H,5-8H2,1-4H3,(H,16,17,19,21)/b18-10+. The van der Waals surface area contributed by atoms with E-state index in [1.54, 1.807) is 20.8 Å². The number of amides is 1.